The number of hydrogen-bond acceptors (Lipinski definition) is 3. The zero-order chi connectivity index (χ0) is 32.8. The fourth-order valence-corrected chi connectivity index (χ4v) is 8.22. The van der Waals surface area contributed by atoms with Gasteiger partial charge < -0.3 is 5.73 Å². The van der Waals surface area contributed by atoms with Crippen LogP contribution in [0.3, 0.4) is 0 Å². The first-order valence-corrected chi connectivity index (χ1v) is 17.1. The van der Waals surface area contributed by atoms with Crippen molar-refractivity contribution < 1.29 is 0 Å². The van der Waals surface area contributed by atoms with Gasteiger partial charge in [-0.15, -0.1) is 0 Å². The van der Waals surface area contributed by atoms with Crippen LogP contribution in [0.2, 0.25) is 0 Å². The zero-order valence-electron chi connectivity index (χ0n) is 27.2. The van der Waals surface area contributed by atoms with Gasteiger partial charge in [-0.2, -0.15) is 0 Å². The molecule has 0 bridgehead atoms. The molecule has 0 spiro atoms. The molecule has 7 aromatic carbocycles. The highest BCUT2D eigenvalue weighted by Gasteiger charge is 2.46. The van der Waals surface area contributed by atoms with Gasteiger partial charge >= 0.3 is 0 Å². The first-order valence-electron chi connectivity index (χ1n) is 17.1. The molecule has 1 fully saturated rings. The Morgan fingerprint density at radius 1 is 0.469 bits per heavy atom. The molecule has 9 rings (SSSR count). The van der Waals surface area contributed by atoms with Gasteiger partial charge in [0.05, 0.1) is 23.9 Å². The van der Waals surface area contributed by atoms with Gasteiger partial charge in [-0.25, -0.2) is 4.90 Å². The Morgan fingerprint density at radius 2 is 1.00 bits per heavy atom. The van der Waals surface area contributed by atoms with Crippen molar-refractivity contribution in [2.45, 2.75) is 23.9 Å². The Kier molecular flexibility index (Phi) is 7.32. The largest absolute Gasteiger partial charge is 0.312 e. The van der Waals surface area contributed by atoms with Gasteiger partial charge in [-0.05, 0) is 73.3 Å². The van der Waals surface area contributed by atoms with Crippen molar-refractivity contribution in [3.8, 4) is 22.3 Å². The fraction of sp³-hybridized carbons (Fsp3) is 0.0870. The molecule has 0 aromatic heterocycles. The SMILES string of the molecule is NC(c1ccccc1)N1C(c2ccccc2)NC1c1cccc(-c2ccc3c(c2)C(c2ccccc2)(c2ccccc2)c2ccccc2-3)c1. The minimum atomic E-state index is -0.431. The maximum atomic E-state index is 7.03. The Morgan fingerprint density at radius 3 is 1.69 bits per heavy atom. The fourth-order valence-electron chi connectivity index (χ4n) is 8.22. The molecule has 7 aromatic rings. The van der Waals surface area contributed by atoms with Crippen molar-refractivity contribution in [1.29, 1.82) is 0 Å². The quantitative estimate of drug-likeness (QED) is 0.184. The number of nitrogens with two attached hydrogens (primary N) is 1. The molecule has 1 heterocycles. The summed E-state index contributed by atoms with van der Waals surface area (Å²) in [6, 6.07) is 67.9. The van der Waals surface area contributed by atoms with E-state index >= 15 is 0 Å². The van der Waals surface area contributed by atoms with Crippen LogP contribution in [0.25, 0.3) is 22.3 Å². The minimum Gasteiger partial charge on any atom is -0.312 e. The van der Waals surface area contributed by atoms with Crippen molar-refractivity contribution >= 4 is 0 Å². The van der Waals surface area contributed by atoms with Gasteiger partial charge in [0.25, 0.3) is 0 Å². The summed E-state index contributed by atoms with van der Waals surface area (Å²) in [6.45, 7) is 0. The molecule has 236 valence electrons. The molecule has 3 heteroatoms. The van der Waals surface area contributed by atoms with Crippen LogP contribution in [0.5, 0.6) is 0 Å². The average Bonchev–Trinajstić information content (AvgIpc) is 3.46. The van der Waals surface area contributed by atoms with Crippen LogP contribution in [-0.2, 0) is 5.41 Å². The minimum absolute atomic E-state index is 0.0147. The van der Waals surface area contributed by atoms with E-state index in [9.17, 15) is 0 Å². The first-order chi connectivity index (χ1) is 24.2. The van der Waals surface area contributed by atoms with Gasteiger partial charge in [0.15, 0.2) is 0 Å². The topological polar surface area (TPSA) is 41.3 Å². The molecule has 3 N–H and O–H groups in total. The molecule has 0 saturated carbocycles. The van der Waals surface area contributed by atoms with Crippen molar-refractivity contribution in [3.05, 3.63) is 227 Å². The maximum absolute atomic E-state index is 7.03. The molecular weight excluding hydrogens is 595 g/mol. The van der Waals surface area contributed by atoms with Crippen LogP contribution >= 0.6 is 0 Å². The lowest BCUT2D eigenvalue weighted by Gasteiger charge is -2.53. The lowest BCUT2D eigenvalue weighted by Crippen LogP contribution is -2.60. The molecule has 49 heavy (non-hydrogen) atoms. The van der Waals surface area contributed by atoms with Crippen molar-refractivity contribution in [1.82, 2.24) is 10.2 Å². The monoisotopic (exact) mass is 631 g/mol. The van der Waals surface area contributed by atoms with Gasteiger partial charge in [0.2, 0.25) is 0 Å². The number of rotatable bonds is 7. The van der Waals surface area contributed by atoms with E-state index in [1.54, 1.807) is 0 Å². The Bertz CT molecular complexity index is 2150. The van der Waals surface area contributed by atoms with Gasteiger partial charge in [-0.1, -0.05) is 176 Å². The molecule has 0 radical (unpaired) electrons. The summed E-state index contributed by atoms with van der Waals surface area (Å²) in [4.78, 5) is 2.39. The predicted octanol–water partition coefficient (Wildman–Crippen LogP) is 9.98. The average molecular weight is 632 g/mol. The lowest BCUT2D eigenvalue weighted by molar-refractivity contribution is -0.0687. The first kappa shape index (κ1) is 29.6. The van der Waals surface area contributed by atoms with E-state index < -0.39 is 5.41 Å². The van der Waals surface area contributed by atoms with E-state index in [-0.39, 0.29) is 18.5 Å². The second kappa shape index (κ2) is 12.1. The molecule has 3 atom stereocenters. The number of nitrogens with one attached hydrogen (secondary N) is 1. The van der Waals surface area contributed by atoms with E-state index in [4.69, 9.17) is 5.73 Å². The van der Waals surface area contributed by atoms with E-state index in [0.29, 0.717) is 0 Å². The summed E-state index contributed by atoms with van der Waals surface area (Å²) in [7, 11) is 0. The number of hydrogen-bond donors (Lipinski definition) is 2. The lowest BCUT2D eigenvalue weighted by atomic mass is 9.67. The molecule has 1 aliphatic heterocycles. The van der Waals surface area contributed by atoms with Crippen LogP contribution in [0, 0.1) is 0 Å². The smallest absolute Gasteiger partial charge is 0.0907 e. The number of nitrogens with zero attached hydrogens (tertiary/aromatic N) is 1. The van der Waals surface area contributed by atoms with Crippen molar-refractivity contribution in [2.24, 2.45) is 5.73 Å². The van der Waals surface area contributed by atoms with Crippen LogP contribution in [-0.4, -0.2) is 4.90 Å². The van der Waals surface area contributed by atoms with E-state index in [1.807, 2.05) is 6.07 Å². The number of fused-ring (bicyclic) bond motifs is 3. The van der Waals surface area contributed by atoms with Gasteiger partial charge in [0, 0.05) is 0 Å². The Balaban J connectivity index is 1.16. The Hall–Kier alpha value is -5.58. The molecule has 1 saturated heterocycles. The van der Waals surface area contributed by atoms with Crippen LogP contribution in [0.15, 0.2) is 188 Å². The van der Waals surface area contributed by atoms with E-state index in [2.05, 4.69) is 192 Å². The van der Waals surface area contributed by atoms with Gasteiger partial charge in [0.1, 0.15) is 0 Å². The molecule has 3 nitrogen and oxygen atoms in total. The molecular formula is C46H37N3. The predicted molar refractivity (Wildman–Crippen MR) is 199 cm³/mol. The third-order valence-electron chi connectivity index (χ3n) is 10.5. The second-order valence-electron chi connectivity index (χ2n) is 13.1. The molecule has 2 aliphatic rings. The highest BCUT2D eigenvalue weighted by atomic mass is 15.5. The molecule has 3 unspecified atom stereocenters. The summed E-state index contributed by atoms with van der Waals surface area (Å²) in [5.41, 5.74) is 20.2. The van der Waals surface area contributed by atoms with Crippen LogP contribution < -0.4 is 11.1 Å². The highest BCUT2D eigenvalue weighted by molar-refractivity contribution is 5.88. The zero-order valence-corrected chi connectivity index (χ0v) is 27.2. The maximum Gasteiger partial charge on any atom is 0.0907 e. The van der Waals surface area contributed by atoms with Crippen LogP contribution in [0.1, 0.15) is 57.4 Å². The van der Waals surface area contributed by atoms with Crippen LogP contribution in [0.4, 0.5) is 0 Å². The van der Waals surface area contributed by atoms with E-state index in [0.717, 1.165) is 5.56 Å². The molecule has 1 aliphatic carbocycles. The Labute approximate surface area is 288 Å². The summed E-state index contributed by atoms with van der Waals surface area (Å²) in [5.74, 6) is 0. The third kappa shape index (κ3) is 4.78. The standard InChI is InChI=1S/C46H37N3/c47-43(32-16-5-1-6-17-32)49-44(33-18-7-2-8-19-33)48-45(49)36-21-15-20-34(30-36)35-28-29-40-39-26-13-14-27-41(39)46(42(40)31-35,37-22-9-3-10-23-37)38-24-11-4-12-25-38/h1-31,43-45,48H,47H2. The number of benzene rings is 7. The highest BCUT2D eigenvalue weighted by Crippen LogP contribution is 2.56. The molecule has 0 amide bonds. The van der Waals surface area contributed by atoms with Crippen molar-refractivity contribution in [2.75, 3.05) is 0 Å². The summed E-state index contributed by atoms with van der Waals surface area (Å²) < 4.78 is 0. The second-order valence-corrected chi connectivity index (χ2v) is 13.1. The van der Waals surface area contributed by atoms with Gasteiger partial charge in [-0.3, -0.25) is 5.32 Å². The summed E-state index contributed by atoms with van der Waals surface area (Å²) >= 11 is 0. The third-order valence-corrected chi connectivity index (χ3v) is 10.5. The summed E-state index contributed by atoms with van der Waals surface area (Å²) in [5, 5.41) is 3.85. The summed E-state index contributed by atoms with van der Waals surface area (Å²) in [6.07, 6.45) is -0.287. The normalized spacial score (nSPS) is 18.2. The van der Waals surface area contributed by atoms with Crippen molar-refractivity contribution in [3.63, 3.8) is 0 Å². The van der Waals surface area contributed by atoms with E-state index in [1.165, 1.54) is 55.6 Å².